The molecule has 0 radical (unpaired) electrons. The van der Waals surface area contributed by atoms with Gasteiger partial charge in [-0.3, -0.25) is 0 Å². The highest BCUT2D eigenvalue weighted by Gasteiger charge is 2.41. The van der Waals surface area contributed by atoms with Crippen LogP contribution in [-0.4, -0.2) is 12.9 Å². The standard InChI is InChI=1S/C20H20PS/c1-21(17-11-5-3-6-12-17,18-13-7-4-8-14-18)19-15-9-10-16-20(19)22-2/h3-16H,1-2H3/q+1. The third-order valence-electron chi connectivity index (χ3n) is 4.11. The van der Waals surface area contributed by atoms with Crippen LogP contribution >= 0.6 is 19.0 Å². The predicted molar refractivity (Wildman–Crippen MR) is 103 cm³/mol. The SMILES string of the molecule is CSc1ccccc1[P+](C)(c1ccccc1)c1ccccc1. The largest absolute Gasteiger partial charge is 0.126 e. The zero-order valence-electron chi connectivity index (χ0n) is 12.9. The molecule has 0 amide bonds. The van der Waals surface area contributed by atoms with E-state index >= 15 is 0 Å². The molecule has 0 nitrogen and oxygen atoms in total. The van der Waals surface area contributed by atoms with Crippen LogP contribution in [0.2, 0.25) is 0 Å². The number of rotatable bonds is 4. The van der Waals surface area contributed by atoms with E-state index in [1.54, 1.807) is 0 Å². The van der Waals surface area contributed by atoms with E-state index in [1.807, 2.05) is 11.8 Å². The summed E-state index contributed by atoms with van der Waals surface area (Å²) in [5, 5.41) is 4.34. The summed E-state index contributed by atoms with van der Waals surface area (Å²) in [4.78, 5) is 1.38. The van der Waals surface area contributed by atoms with Gasteiger partial charge in [0.05, 0.1) is 11.6 Å². The van der Waals surface area contributed by atoms with Crippen LogP contribution in [0.5, 0.6) is 0 Å². The van der Waals surface area contributed by atoms with E-state index in [4.69, 9.17) is 0 Å². The van der Waals surface area contributed by atoms with Crippen molar-refractivity contribution in [1.82, 2.24) is 0 Å². The molecule has 3 aromatic rings. The van der Waals surface area contributed by atoms with Crippen molar-refractivity contribution in [2.45, 2.75) is 4.90 Å². The summed E-state index contributed by atoms with van der Waals surface area (Å²) in [7, 11) is -1.60. The zero-order valence-corrected chi connectivity index (χ0v) is 14.6. The molecule has 22 heavy (non-hydrogen) atoms. The van der Waals surface area contributed by atoms with Crippen molar-refractivity contribution in [3.63, 3.8) is 0 Å². The Labute approximate surface area is 137 Å². The second-order valence-electron chi connectivity index (χ2n) is 5.35. The second kappa shape index (κ2) is 6.69. The molecule has 0 saturated heterocycles. The van der Waals surface area contributed by atoms with Gasteiger partial charge in [0.2, 0.25) is 0 Å². The smallest absolute Gasteiger partial charge is 0.118 e. The van der Waals surface area contributed by atoms with Gasteiger partial charge in [0.15, 0.2) is 0 Å². The third-order valence-corrected chi connectivity index (χ3v) is 9.07. The minimum atomic E-state index is -1.60. The van der Waals surface area contributed by atoms with Gasteiger partial charge in [-0.1, -0.05) is 48.5 Å². The van der Waals surface area contributed by atoms with Crippen molar-refractivity contribution in [3.05, 3.63) is 84.9 Å². The maximum absolute atomic E-state index is 2.44. The normalized spacial score (nSPS) is 11.4. The molecule has 3 aromatic carbocycles. The zero-order chi connectivity index (χ0) is 15.4. The Morgan fingerprint density at radius 1 is 0.636 bits per heavy atom. The number of thioether (sulfide) groups is 1. The number of benzene rings is 3. The Balaban J connectivity index is 2.29. The van der Waals surface area contributed by atoms with E-state index < -0.39 is 7.26 Å². The molecule has 2 heteroatoms. The third kappa shape index (κ3) is 2.72. The highest BCUT2D eigenvalue weighted by molar-refractivity contribution is 8.01. The van der Waals surface area contributed by atoms with E-state index in [9.17, 15) is 0 Å². The first kappa shape index (κ1) is 15.3. The molecule has 0 aliphatic rings. The van der Waals surface area contributed by atoms with Crippen LogP contribution in [0.3, 0.4) is 0 Å². The quantitative estimate of drug-likeness (QED) is 0.509. The lowest BCUT2D eigenvalue weighted by Gasteiger charge is -2.24. The molecule has 0 aliphatic carbocycles. The van der Waals surface area contributed by atoms with E-state index in [2.05, 4.69) is 97.8 Å². The van der Waals surface area contributed by atoms with Crippen LogP contribution in [0, 0.1) is 0 Å². The first-order chi connectivity index (χ1) is 10.8. The molecule has 3 rings (SSSR count). The minimum absolute atomic E-state index is 1.38. The molecule has 0 saturated carbocycles. The summed E-state index contributed by atoms with van der Waals surface area (Å²) in [6, 6.07) is 30.7. The fourth-order valence-corrected chi connectivity index (χ4v) is 7.48. The highest BCUT2D eigenvalue weighted by Crippen LogP contribution is 2.53. The van der Waals surface area contributed by atoms with Crippen LogP contribution in [0.4, 0.5) is 0 Å². The van der Waals surface area contributed by atoms with E-state index in [1.165, 1.54) is 20.8 Å². The van der Waals surface area contributed by atoms with Gasteiger partial charge in [-0.15, -0.1) is 11.8 Å². The minimum Gasteiger partial charge on any atom is -0.126 e. The molecular formula is C20H20PS+. The van der Waals surface area contributed by atoms with Crippen LogP contribution in [-0.2, 0) is 0 Å². The molecule has 0 spiro atoms. The fraction of sp³-hybridized carbons (Fsp3) is 0.100. The van der Waals surface area contributed by atoms with Crippen LogP contribution in [0.15, 0.2) is 89.8 Å². The van der Waals surface area contributed by atoms with E-state index in [0.717, 1.165) is 0 Å². The summed E-state index contributed by atoms with van der Waals surface area (Å²) in [5.74, 6) is 0. The molecule has 0 aromatic heterocycles. The van der Waals surface area contributed by atoms with Crippen LogP contribution in [0.25, 0.3) is 0 Å². The first-order valence-electron chi connectivity index (χ1n) is 7.38. The van der Waals surface area contributed by atoms with Crippen molar-refractivity contribution >= 4 is 34.9 Å². The van der Waals surface area contributed by atoms with Crippen LogP contribution in [0.1, 0.15) is 0 Å². The van der Waals surface area contributed by atoms with Gasteiger partial charge in [-0.05, 0) is 42.7 Å². The fourth-order valence-electron chi connectivity index (χ4n) is 2.88. The first-order valence-corrected chi connectivity index (χ1v) is 10.8. The molecule has 0 fully saturated rings. The van der Waals surface area contributed by atoms with E-state index in [0.29, 0.717) is 0 Å². The Kier molecular flexibility index (Phi) is 4.66. The summed E-state index contributed by atoms with van der Waals surface area (Å²) < 4.78 is 0. The predicted octanol–water partition coefficient (Wildman–Crippen LogP) is 4.33. The van der Waals surface area contributed by atoms with Gasteiger partial charge >= 0.3 is 0 Å². The van der Waals surface area contributed by atoms with Crippen molar-refractivity contribution in [3.8, 4) is 0 Å². The van der Waals surface area contributed by atoms with Crippen molar-refractivity contribution in [2.75, 3.05) is 12.9 Å². The Hall–Kier alpha value is -1.56. The summed E-state index contributed by atoms with van der Waals surface area (Å²) in [6.45, 7) is 2.44. The molecule has 0 atom stereocenters. The Morgan fingerprint density at radius 2 is 1.09 bits per heavy atom. The highest BCUT2D eigenvalue weighted by atomic mass is 32.2. The topological polar surface area (TPSA) is 0 Å². The molecule has 0 unspecified atom stereocenters. The Bertz CT molecular complexity index is 698. The summed E-state index contributed by atoms with van der Waals surface area (Å²) in [6.07, 6.45) is 2.17. The average molecular weight is 323 g/mol. The molecular weight excluding hydrogens is 303 g/mol. The molecule has 0 bridgehead atoms. The summed E-state index contributed by atoms with van der Waals surface area (Å²) >= 11 is 1.84. The molecule has 0 heterocycles. The lowest BCUT2D eigenvalue weighted by molar-refractivity contribution is 1.52. The van der Waals surface area contributed by atoms with Gasteiger partial charge in [-0.2, -0.15) is 0 Å². The second-order valence-corrected chi connectivity index (χ2v) is 9.72. The maximum Gasteiger partial charge on any atom is 0.118 e. The van der Waals surface area contributed by atoms with Gasteiger partial charge in [-0.25, -0.2) is 0 Å². The van der Waals surface area contributed by atoms with Gasteiger partial charge in [0, 0.05) is 0 Å². The maximum atomic E-state index is 2.44. The lowest BCUT2D eigenvalue weighted by Crippen LogP contribution is -2.31. The van der Waals surface area contributed by atoms with Gasteiger partial charge < -0.3 is 0 Å². The molecule has 0 aliphatic heterocycles. The van der Waals surface area contributed by atoms with Crippen molar-refractivity contribution in [2.24, 2.45) is 0 Å². The van der Waals surface area contributed by atoms with E-state index in [-0.39, 0.29) is 0 Å². The molecule has 0 N–H and O–H groups in total. The van der Waals surface area contributed by atoms with Crippen LogP contribution < -0.4 is 15.9 Å². The average Bonchev–Trinajstić information content (AvgIpc) is 2.62. The van der Waals surface area contributed by atoms with Crippen molar-refractivity contribution in [1.29, 1.82) is 0 Å². The molecule has 110 valence electrons. The monoisotopic (exact) mass is 323 g/mol. The lowest BCUT2D eigenvalue weighted by atomic mass is 10.3. The summed E-state index contributed by atoms with van der Waals surface area (Å²) in [5.41, 5.74) is 0. The van der Waals surface area contributed by atoms with Gasteiger partial charge in [0.1, 0.15) is 23.2 Å². The Morgan fingerprint density at radius 3 is 1.59 bits per heavy atom. The van der Waals surface area contributed by atoms with Crippen molar-refractivity contribution < 1.29 is 0 Å². The van der Waals surface area contributed by atoms with Gasteiger partial charge in [0.25, 0.3) is 0 Å². The number of hydrogen-bond donors (Lipinski definition) is 0. The number of hydrogen-bond acceptors (Lipinski definition) is 1.